The quantitative estimate of drug-likeness (QED) is 0.640. The van der Waals surface area contributed by atoms with E-state index in [1.165, 1.54) is 0 Å². The van der Waals surface area contributed by atoms with Gasteiger partial charge in [-0.15, -0.1) is 11.8 Å². The van der Waals surface area contributed by atoms with Gasteiger partial charge in [-0.3, -0.25) is 4.90 Å². The third kappa shape index (κ3) is 3.80. The Morgan fingerprint density at radius 2 is 1.92 bits per heavy atom. The molecule has 74 valence electrons. The first-order valence-corrected chi connectivity index (χ1v) is 5.10. The highest BCUT2D eigenvalue weighted by atomic mass is 15.2. The van der Waals surface area contributed by atoms with Crippen LogP contribution in [-0.2, 0) is 0 Å². The number of nitrogens with zero attached hydrogens (tertiary/aromatic N) is 1. The maximum Gasteiger partial charge on any atom is 0.0216 e. The minimum absolute atomic E-state index is 0.623. The Balaban J connectivity index is 2.27. The molecule has 13 heavy (non-hydrogen) atoms. The van der Waals surface area contributed by atoms with E-state index in [-0.39, 0.29) is 0 Å². The Morgan fingerprint density at radius 3 is 2.46 bits per heavy atom. The van der Waals surface area contributed by atoms with Crippen molar-refractivity contribution in [3.05, 3.63) is 0 Å². The van der Waals surface area contributed by atoms with Gasteiger partial charge in [-0.1, -0.05) is 0 Å². The first-order chi connectivity index (χ1) is 6.22. The minimum atomic E-state index is 0.623. The summed E-state index contributed by atoms with van der Waals surface area (Å²) in [5.74, 6) is 6.05. The molecule has 0 aliphatic carbocycles. The highest BCUT2D eigenvalue weighted by molar-refractivity contribution is 4.96. The van der Waals surface area contributed by atoms with E-state index >= 15 is 0 Å². The highest BCUT2D eigenvalue weighted by Gasteiger charge is 2.19. The first-order valence-electron chi connectivity index (χ1n) is 5.10. The normalized spacial score (nSPS) is 29.5. The molecule has 2 nitrogen and oxygen atoms in total. The molecule has 0 amide bonds. The van der Waals surface area contributed by atoms with Crippen molar-refractivity contribution in [2.45, 2.75) is 39.3 Å². The molecule has 1 saturated heterocycles. The van der Waals surface area contributed by atoms with Crippen LogP contribution in [0.4, 0.5) is 0 Å². The topological polar surface area (TPSA) is 15.3 Å². The van der Waals surface area contributed by atoms with Crippen LogP contribution in [0.5, 0.6) is 0 Å². The van der Waals surface area contributed by atoms with Crippen molar-refractivity contribution in [3.8, 4) is 11.8 Å². The van der Waals surface area contributed by atoms with Gasteiger partial charge in [-0.05, 0) is 20.8 Å². The van der Waals surface area contributed by atoms with E-state index < -0.39 is 0 Å². The molecule has 1 rings (SSSR count). The van der Waals surface area contributed by atoms with Gasteiger partial charge >= 0.3 is 0 Å². The van der Waals surface area contributed by atoms with E-state index in [4.69, 9.17) is 0 Å². The van der Waals surface area contributed by atoms with Crippen LogP contribution < -0.4 is 5.32 Å². The minimum Gasteiger partial charge on any atom is -0.309 e. The summed E-state index contributed by atoms with van der Waals surface area (Å²) in [6.45, 7) is 9.84. The van der Waals surface area contributed by atoms with Crippen molar-refractivity contribution in [2.75, 3.05) is 19.6 Å². The zero-order chi connectivity index (χ0) is 9.68. The average molecular weight is 180 g/mol. The molecule has 1 N–H and O–H groups in total. The summed E-state index contributed by atoms with van der Waals surface area (Å²) in [5.41, 5.74) is 0. The summed E-state index contributed by atoms with van der Waals surface area (Å²) in [5, 5.41) is 3.52. The maximum absolute atomic E-state index is 3.52. The molecule has 0 saturated carbocycles. The smallest absolute Gasteiger partial charge is 0.0216 e. The fourth-order valence-corrected chi connectivity index (χ4v) is 1.96. The van der Waals surface area contributed by atoms with Crippen molar-refractivity contribution in [1.82, 2.24) is 10.2 Å². The zero-order valence-corrected chi connectivity index (χ0v) is 8.93. The molecule has 1 heterocycles. The SMILES string of the molecule is CC#CCCN1CC(C)NC(C)C1. The summed E-state index contributed by atoms with van der Waals surface area (Å²) in [7, 11) is 0. The Hall–Kier alpha value is -0.520. The molecule has 1 aliphatic rings. The lowest BCUT2D eigenvalue weighted by molar-refractivity contribution is 0.177. The predicted molar refractivity (Wildman–Crippen MR) is 56.6 cm³/mol. The first kappa shape index (κ1) is 10.6. The molecule has 1 fully saturated rings. The molecule has 0 aromatic carbocycles. The van der Waals surface area contributed by atoms with Crippen LogP contribution in [-0.4, -0.2) is 36.6 Å². The molecule has 0 radical (unpaired) electrons. The number of nitrogens with one attached hydrogen (secondary N) is 1. The van der Waals surface area contributed by atoms with Crippen LogP contribution in [0.3, 0.4) is 0 Å². The Labute approximate surface area is 81.7 Å². The third-order valence-corrected chi connectivity index (χ3v) is 2.36. The molecule has 0 aromatic heterocycles. The van der Waals surface area contributed by atoms with Crippen molar-refractivity contribution in [2.24, 2.45) is 0 Å². The summed E-state index contributed by atoms with van der Waals surface area (Å²) >= 11 is 0. The van der Waals surface area contributed by atoms with Crippen molar-refractivity contribution in [3.63, 3.8) is 0 Å². The molecule has 1 aliphatic heterocycles. The predicted octanol–water partition coefficient (Wildman–Crippen LogP) is 1.08. The van der Waals surface area contributed by atoms with Crippen LogP contribution in [0.25, 0.3) is 0 Å². The number of rotatable bonds is 2. The second-order valence-electron chi connectivity index (χ2n) is 3.91. The number of piperazine rings is 1. The largest absolute Gasteiger partial charge is 0.309 e. The van der Waals surface area contributed by atoms with Gasteiger partial charge in [0.25, 0.3) is 0 Å². The molecular formula is C11H20N2. The Bertz CT molecular complexity index is 192. The standard InChI is InChI=1S/C11H20N2/c1-4-5-6-7-13-8-10(2)12-11(3)9-13/h10-12H,6-9H2,1-3H3. The van der Waals surface area contributed by atoms with Gasteiger partial charge in [-0.2, -0.15) is 0 Å². The Kier molecular flexibility index (Phi) is 4.27. The van der Waals surface area contributed by atoms with Crippen LogP contribution in [0.15, 0.2) is 0 Å². The summed E-state index contributed by atoms with van der Waals surface area (Å²) < 4.78 is 0. The molecule has 2 unspecified atom stereocenters. The second-order valence-corrected chi connectivity index (χ2v) is 3.91. The molecule has 0 aromatic rings. The van der Waals surface area contributed by atoms with Gasteiger partial charge in [0.2, 0.25) is 0 Å². The Morgan fingerprint density at radius 1 is 1.31 bits per heavy atom. The lowest BCUT2D eigenvalue weighted by Gasteiger charge is -2.35. The molecule has 0 bridgehead atoms. The van der Waals surface area contributed by atoms with Gasteiger partial charge in [0.15, 0.2) is 0 Å². The van der Waals surface area contributed by atoms with E-state index in [0.717, 1.165) is 26.1 Å². The van der Waals surface area contributed by atoms with E-state index in [1.807, 2.05) is 6.92 Å². The van der Waals surface area contributed by atoms with Gasteiger partial charge in [0.05, 0.1) is 0 Å². The maximum atomic E-state index is 3.52. The van der Waals surface area contributed by atoms with Crippen molar-refractivity contribution in [1.29, 1.82) is 0 Å². The summed E-state index contributed by atoms with van der Waals surface area (Å²) in [6, 6.07) is 1.25. The van der Waals surface area contributed by atoms with Crippen LogP contribution in [0.1, 0.15) is 27.2 Å². The van der Waals surface area contributed by atoms with Crippen LogP contribution in [0, 0.1) is 11.8 Å². The molecule has 0 spiro atoms. The number of hydrogen-bond acceptors (Lipinski definition) is 2. The lowest BCUT2D eigenvalue weighted by atomic mass is 10.1. The molecule has 2 heteroatoms. The van der Waals surface area contributed by atoms with Gasteiger partial charge in [-0.25, -0.2) is 0 Å². The second kappa shape index (κ2) is 5.26. The van der Waals surface area contributed by atoms with E-state index in [1.54, 1.807) is 0 Å². The van der Waals surface area contributed by atoms with E-state index in [9.17, 15) is 0 Å². The van der Waals surface area contributed by atoms with E-state index in [2.05, 4.69) is 35.9 Å². The third-order valence-electron chi connectivity index (χ3n) is 2.36. The fourth-order valence-electron chi connectivity index (χ4n) is 1.96. The van der Waals surface area contributed by atoms with Gasteiger partial charge in [0.1, 0.15) is 0 Å². The van der Waals surface area contributed by atoms with Crippen LogP contribution in [0.2, 0.25) is 0 Å². The van der Waals surface area contributed by atoms with Crippen molar-refractivity contribution >= 4 is 0 Å². The zero-order valence-electron chi connectivity index (χ0n) is 8.93. The monoisotopic (exact) mass is 180 g/mol. The van der Waals surface area contributed by atoms with Gasteiger partial charge in [0, 0.05) is 38.1 Å². The molecule has 2 atom stereocenters. The molecular weight excluding hydrogens is 160 g/mol. The van der Waals surface area contributed by atoms with Gasteiger partial charge < -0.3 is 5.32 Å². The van der Waals surface area contributed by atoms with Crippen molar-refractivity contribution < 1.29 is 0 Å². The average Bonchev–Trinajstić information content (AvgIpc) is 2.03. The number of hydrogen-bond donors (Lipinski definition) is 1. The highest BCUT2D eigenvalue weighted by Crippen LogP contribution is 2.03. The van der Waals surface area contributed by atoms with E-state index in [0.29, 0.717) is 12.1 Å². The summed E-state index contributed by atoms with van der Waals surface area (Å²) in [6.07, 6.45) is 1.01. The fraction of sp³-hybridized carbons (Fsp3) is 0.818. The lowest BCUT2D eigenvalue weighted by Crippen LogP contribution is -2.54. The van der Waals surface area contributed by atoms with Crippen LogP contribution >= 0.6 is 0 Å². The summed E-state index contributed by atoms with van der Waals surface area (Å²) in [4.78, 5) is 2.50.